The maximum Gasteiger partial charge on any atom is 0.288 e. The third-order valence-electron chi connectivity index (χ3n) is 4.23. The second-order valence-electron chi connectivity index (χ2n) is 6.38. The van der Waals surface area contributed by atoms with E-state index in [-0.39, 0.29) is 5.76 Å². The van der Waals surface area contributed by atoms with Crippen LogP contribution in [0.15, 0.2) is 67.0 Å². The van der Waals surface area contributed by atoms with Crippen LogP contribution in [0.5, 0.6) is 0 Å². The van der Waals surface area contributed by atoms with E-state index in [4.69, 9.17) is 35.4 Å². The van der Waals surface area contributed by atoms with Crippen molar-refractivity contribution < 1.29 is 9.67 Å². The van der Waals surface area contributed by atoms with E-state index in [0.29, 0.717) is 26.3 Å². The fraction of sp³-hybridized carbons (Fsp3) is 0.0909. The number of benzene rings is 2. The Labute approximate surface area is 179 Å². The van der Waals surface area contributed by atoms with Crippen LogP contribution in [0, 0.1) is 13.8 Å². The predicted molar refractivity (Wildman–Crippen MR) is 121 cm³/mol. The zero-order valence-electron chi connectivity index (χ0n) is 15.4. The van der Waals surface area contributed by atoms with Crippen LogP contribution < -0.4 is 9.88 Å². The summed E-state index contributed by atoms with van der Waals surface area (Å²) in [6.07, 6.45) is 3.61. The highest BCUT2D eigenvalue weighted by molar-refractivity contribution is 7.81. The van der Waals surface area contributed by atoms with Crippen molar-refractivity contribution in [2.75, 3.05) is 5.32 Å². The molecule has 0 saturated heterocycles. The van der Waals surface area contributed by atoms with Crippen LogP contribution in [0.3, 0.4) is 0 Å². The minimum absolute atomic E-state index is 0.0639. The van der Waals surface area contributed by atoms with Gasteiger partial charge in [0.05, 0.1) is 5.02 Å². The van der Waals surface area contributed by atoms with Crippen LogP contribution in [0.2, 0.25) is 10.0 Å². The first-order valence-corrected chi connectivity index (χ1v) is 9.77. The van der Waals surface area contributed by atoms with E-state index in [2.05, 4.69) is 11.4 Å². The molecule has 0 radical (unpaired) electrons. The lowest BCUT2D eigenvalue weighted by molar-refractivity contribution is -0.575. The van der Waals surface area contributed by atoms with Gasteiger partial charge in [-0.25, -0.2) is 0 Å². The largest absolute Gasteiger partial charge is 0.502 e. The van der Waals surface area contributed by atoms with Crippen LogP contribution in [-0.2, 0) is 0 Å². The molecular weight excluding hydrogens is 411 g/mol. The molecule has 1 heterocycles. The van der Waals surface area contributed by atoms with Gasteiger partial charge in [-0.3, -0.25) is 0 Å². The number of aliphatic hydroxyl groups excluding tert-OH is 1. The summed E-state index contributed by atoms with van der Waals surface area (Å²) < 4.78 is 1.74. The summed E-state index contributed by atoms with van der Waals surface area (Å²) in [5.41, 5.74) is 3.90. The van der Waals surface area contributed by atoms with Crippen molar-refractivity contribution in [3.63, 3.8) is 0 Å². The fourth-order valence-corrected chi connectivity index (χ4v) is 3.53. The molecule has 2 N–H and O–H groups in total. The van der Waals surface area contributed by atoms with Crippen molar-refractivity contribution in [3.8, 4) is 0 Å². The Morgan fingerprint density at radius 3 is 2.39 bits per heavy atom. The topological polar surface area (TPSA) is 36.1 Å². The average Bonchev–Trinajstić information content (AvgIpc) is 2.67. The summed E-state index contributed by atoms with van der Waals surface area (Å²) in [4.78, 5) is 0.358. The Kier molecular flexibility index (Phi) is 6.35. The smallest absolute Gasteiger partial charge is 0.288 e. The maximum atomic E-state index is 11.1. The van der Waals surface area contributed by atoms with Crippen molar-refractivity contribution in [3.05, 3.63) is 93.7 Å². The SMILES string of the molecule is Cc1ccc(NC(=S)/C(=C(\O)c2cc(Cl)ccc2Cl)[n+]2ccccc2)c(C)c1. The molecule has 1 aromatic heterocycles. The number of hydrogen-bond acceptors (Lipinski definition) is 2. The molecular formula is C22H19Cl2N2OS+. The van der Waals surface area contributed by atoms with Gasteiger partial charge in [-0.2, -0.15) is 4.57 Å². The summed E-state index contributed by atoms with van der Waals surface area (Å²) in [5.74, 6) is -0.0639. The molecule has 2 aromatic carbocycles. The molecule has 3 nitrogen and oxygen atoms in total. The van der Waals surface area contributed by atoms with Gasteiger partial charge < -0.3 is 10.4 Å². The summed E-state index contributed by atoms with van der Waals surface area (Å²) in [7, 11) is 0. The van der Waals surface area contributed by atoms with E-state index in [1.165, 1.54) is 0 Å². The van der Waals surface area contributed by atoms with Gasteiger partial charge in [0.2, 0.25) is 5.76 Å². The standard InChI is InChI=1S/C22H18Cl2N2OS/c1-14-6-9-19(15(2)12-14)25-22(28)20(26-10-4-3-5-11-26)21(27)17-13-16(23)7-8-18(17)24/h3-13H,1-2H3,(H-,25,27,28)/p+1. The van der Waals surface area contributed by atoms with Crippen LogP contribution in [0.25, 0.3) is 11.5 Å². The number of hydrogen-bond donors (Lipinski definition) is 2. The first-order valence-electron chi connectivity index (χ1n) is 8.61. The molecule has 0 spiro atoms. The van der Waals surface area contributed by atoms with E-state index in [9.17, 15) is 5.11 Å². The van der Waals surface area contributed by atoms with Gasteiger partial charge in [-0.1, -0.05) is 59.2 Å². The highest BCUT2D eigenvalue weighted by atomic mass is 35.5. The lowest BCUT2D eigenvalue weighted by Gasteiger charge is -2.13. The molecule has 0 saturated carbocycles. The van der Waals surface area contributed by atoms with Crippen molar-refractivity contribution in [1.29, 1.82) is 0 Å². The molecule has 0 atom stereocenters. The van der Waals surface area contributed by atoms with Crippen molar-refractivity contribution in [2.45, 2.75) is 13.8 Å². The van der Waals surface area contributed by atoms with Gasteiger partial charge in [-0.15, -0.1) is 0 Å². The van der Waals surface area contributed by atoms with Gasteiger partial charge in [0, 0.05) is 28.4 Å². The van der Waals surface area contributed by atoms with E-state index >= 15 is 0 Å². The fourth-order valence-electron chi connectivity index (χ4n) is 2.84. The van der Waals surface area contributed by atoms with Gasteiger partial charge in [-0.05, 0) is 43.7 Å². The molecule has 0 amide bonds. The average molecular weight is 430 g/mol. The predicted octanol–water partition coefficient (Wildman–Crippen LogP) is 6.22. The van der Waals surface area contributed by atoms with Crippen LogP contribution in [0.1, 0.15) is 16.7 Å². The van der Waals surface area contributed by atoms with Crippen LogP contribution >= 0.6 is 35.4 Å². The Morgan fingerprint density at radius 1 is 1.00 bits per heavy atom. The minimum atomic E-state index is -0.0639. The number of rotatable bonds is 4. The molecule has 0 aliphatic heterocycles. The molecule has 142 valence electrons. The van der Waals surface area contributed by atoms with Crippen LogP contribution in [-0.4, -0.2) is 10.1 Å². The second-order valence-corrected chi connectivity index (χ2v) is 7.63. The number of aliphatic hydroxyl groups is 1. The monoisotopic (exact) mass is 429 g/mol. The van der Waals surface area contributed by atoms with E-state index in [1.54, 1.807) is 35.2 Å². The summed E-state index contributed by atoms with van der Waals surface area (Å²) in [6.45, 7) is 4.04. The molecule has 0 bridgehead atoms. The highest BCUT2D eigenvalue weighted by Gasteiger charge is 2.25. The Hall–Kier alpha value is -2.40. The minimum Gasteiger partial charge on any atom is -0.502 e. The summed E-state index contributed by atoms with van der Waals surface area (Å²) >= 11 is 18.1. The molecule has 3 rings (SSSR count). The number of aryl methyl sites for hydroxylation is 2. The van der Waals surface area contributed by atoms with Gasteiger partial charge in [0.25, 0.3) is 5.70 Å². The van der Waals surface area contributed by atoms with Crippen molar-refractivity contribution in [1.82, 2.24) is 0 Å². The van der Waals surface area contributed by atoms with Gasteiger partial charge in [0.1, 0.15) is 0 Å². The zero-order valence-corrected chi connectivity index (χ0v) is 17.7. The number of thiocarbonyl (C=S) groups is 1. The molecule has 0 aliphatic carbocycles. The number of aromatic nitrogens is 1. The van der Waals surface area contributed by atoms with Crippen LogP contribution in [0.4, 0.5) is 5.69 Å². The Balaban J connectivity index is 2.12. The number of pyridine rings is 1. The number of anilines is 1. The van der Waals surface area contributed by atoms with E-state index < -0.39 is 0 Å². The third-order valence-corrected chi connectivity index (χ3v) is 5.09. The lowest BCUT2D eigenvalue weighted by Crippen LogP contribution is -2.38. The number of halogens is 2. The van der Waals surface area contributed by atoms with Crippen molar-refractivity contribution in [2.24, 2.45) is 0 Å². The molecule has 0 unspecified atom stereocenters. The Morgan fingerprint density at radius 2 is 1.71 bits per heavy atom. The quantitative estimate of drug-likeness (QED) is 0.223. The zero-order chi connectivity index (χ0) is 20.3. The molecule has 3 aromatic rings. The normalized spacial score (nSPS) is 11.7. The first kappa shape index (κ1) is 20.3. The number of nitrogens with one attached hydrogen (secondary N) is 1. The first-order chi connectivity index (χ1) is 13.4. The molecule has 6 heteroatoms. The Bertz CT molecular complexity index is 1070. The molecule has 0 fully saturated rings. The lowest BCUT2D eigenvalue weighted by atomic mass is 10.1. The van der Waals surface area contributed by atoms with E-state index in [0.717, 1.165) is 16.8 Å². The van der Waals surface area contributed by atoms with E-state index in [1.807, 2.05) is 44.2 Å². The summed E-state index contributed by atoms with van der Waals surface area (Å²) in [5, 5.41) is 15.2. The van der Waals surface area contributed by atoms with Crippen molar-refractivity contribution >= 4 is 57.6 Å². The van der Waals surface area contributed by atoms with Gasteiger partial charge >= 0.3 is 0 Å². The molecule has 0 aliphatic rings. The molecule has 28 heavy (non-hydrogen) atoms. The number of nitrogens with zero attached hydrogens (tertiary/aromatic N) is 1. The van der Waals surface area contributed by atoms with Gasteiger partial charge in [0.15, 0.2) is 17.4 Å². The summed E-state index contributed by atoms with van der Waals surface area (Å²) in [6, 6.07) is 16.6. The maximum absolute atomic E-state index is 11.1. The third kappa shape index (κ3) is 4.53. The second kappa shape index (κ2) is 8.74. The highest BCUT2D eigenvalue weighted by Crippen LogP contribution is 2.28.